The van der Waals surface area contributed by atoms with Crippen molar-refractivity contribution >= 4 is 23.2 Å². The van der Waals surface area contributed by atoms with Gasteiger partial charge in [-0.05, 0) is 43.5 Å². The van der Waals surface area contributed by atoms with Gasteiger partial charge in [-0.25, -0.2) is 0 Å². The van der Waals surface area contributed by atoms with Gasteiger partial charge in [-0.1, -0.05) is 37.0 Å². The van der Waals surface area contributed by atoms with Gasteiger partial charge in [0.05, 0.1) is 0 Å². The van der Waals surface area contributed by atoms with Gasteiger partial charge in [0.25, 0.3) is 0 Å². The van der Waals surface area contributed by atoms with Crippen LogP contribution in [0.1, 0.15) is 33.3 Å². The lowest BCUT2D eigenvalue weighted by atomic mass is 9.92. The molecule has 0 amide bonds. The molecule has 0 saturated carbocycles. The summed E-state index contributed by atoms with van der Waals surface area (Å²) in [4.78, 5) is 2.51. The highest BCUT2D eigenvalue weighted by molar-refractivity contribution is 6.33. The molecule has 1 atom stereocenters. The number of nitrogens with one attached hydrogen (secondary N) is 1. The highest BCUT2D eigenvalue weighted by Gasteiger charge is 2.35. The van der Waals surface area contributed by atoms with Crippen LogP contribution >= 0.6 is 23.2 Å². The third kappa shape index (κ3) is 3.67. The zero-order valence-corrected chi connectivity index (χ0v) is 14.2. The first-order valence-electron chi connectivity index (χ1n) is 7.22. The molecule has 1 aliphatic heterocycles. The van der Waals surface area contributed by atoms with Crippen molar-refractivity contribution in [3.63, 3.8) is 0 Å². The van der Waals surface area contributed by atoms with Gasteiger partial charge in [-0.2, -0.15) is 0 Å². The Bertz CT molecular complexity index is 472. The van der Waals surface area contributed by atoms with Crippen LogP contribution in [0, 0.1) is 5.92 Å². The number of benzene rings is 1. The van der Waals surface area contributed by atoms with Gasteiger partial charge in [0.15, 0.2) is 0 Å². The van der Waals surface area contributed by atoms with Gasteiger partial charge in [0.1, 0.15) is 0 Å². The monoisotopic (exact) mass is 314 g/mol. The molecule has 1 fully saturated rings. The Kier molecular flexibility index (Phi) is 5.01. The number of halogens is 2. The average molecular weight is 315 g/mol. The van der Waals surface area contributed by atoms with Gasteiger partial charge >= 0.3 is 0 Å². The maximum atomic E-state index is 6.31. The fraction of sp³-hybridized carbons (Fsp3) is 0.625. The molecule has 1 saturated heterocycles. The Balaban J connectivity index is 2.18. The summed E-state index contributed by atoms with van der Waals surface area (Å²) in [6.07, 6.45) is 0. The van der Waals surface area contributed by atoms with Crippen LogP contribution in [0.3, 0.4) is 0 Å². The molecule has 112 valence electrons. The molecule has 1 aromatic rings. The molecule has 1 N–H and O–H groups in total. The Morgan fingerprint density at radius 1 is 1.35 bits per heavy atom. The fourth-order valence-corrected chi connectivity index (χ4v) is 3.01. The van der Waals surface area contributed by atoms with Crippen LogP contribution in [0.15, 0.2) is 18.2 Å². The minimum absolute atomic E-state index is 0.122. The maximum absolute atomic E-state index is 6.31. The zero-order chi connectivity index (χ0) is 14.9. The summed E-state index contributed by atoms with van der Waals surface area (Å²) in [5, 5.41) is 5.19. The van der Waals surface area contributed by atoms with Gasteiger partial charge in [0, 0.05) is 41.3 Å². The van der Waals surface area contributed by atoms with Crippen molar-refractivity contribution in [2.24, 2.45) is 5.92 Å². The molecular formula is C16H24Cl2N2. The van der Waals surface area contributed by atoms with E-state index in [2.05, 4.69) is 37.9 Å². The minimum atomic E-state index is 0.122. The molecule has 1 aliphatic rings. The predicted molar refractivity (Wildman–Crippen MR) is 87.6 cm³/mol. The molecule has 1 aromatic carbocycles. The number of piperazine rings is 1. The zero-order valence-electron chi connectivity index (χ0n) is 12.7. The van der Waals surface area contributed by atoms with Gasteiger partial charge in [0.2, 0.25) is 0 Å². The van der Waals surface area contributed by atoms with E-state index in [0.717, 1.165) is 35.2 Å². The van der Waals surface area contributed by atoms with Crippen molar-refractivity contribution in [1.29, 1.82) is 0 Å². The quantitative estimate of drug-likeness (QED) is 0.899. The Hall–Kier alpha value is -0.280. The normalized spacial score (nSPS) is 23.2. The largest absolute Gasteiger partial charge is 0.311 e. The summed E-state index contributed by atoms with van der Waals surface area (Å²) >= 11 is 12.4. The first-order valence-corrected chi connectivity index (χ1v) is 7.97. The van der Waals surface area contributed by atoms with Crippen molar-refractivity contribution < 1.29 is 0 Å². The molecule has 0 radical (unpaired) electrons. The molecule has 20 heavy (non-hydrogen) atoms. The summed E-state index contributed by atoms with van der Waals surface area (Å²) in [5.74, 6) is 0.628. The van der Waals surface area contributed by atoms with Gasteiger partial charge in [-0.3, -0.25) is 4.90 Å². The number of hydrogen-bond donors (Lipinski definition) is 1. The molecule has 2 rings (SSSR count). The van der Waals surface area contributed by atoms with Crippen LogP contribution in [0.5, 0.6) is 0 Å². The predicted octanol–water partition coefficient (Wildman–Crippen LogP) is 4.20. The number of rotatable bonds is 3. The van der Waals surface area contributed by atoms with Crippen LogP contribution in [-0.2, 0) is 6.54 Å². The van der Waals surface area contributed by atoms with Crippen molar-refractivity contribution in [2.45, 2.75) is 45.8 Å². The van der Waals surface area contributed by atoms with Crippen LogP contribution in [0.4, 0.5) is 0 Å². The molecule has 0 aliphatic carbocycles. The molecule has 1 unspecified atom stereocenters. The molecule has 2 nitrogen and oxygen atoms in total. The first kappa shape index (κ1) is 16.1. The topological polar surface area (TPSA) is 15.3 Å². The van der Waals surface area contributed by atoms with E-state index >= 15 is 0 Å². The van der Waals surface area contributed by atoms with E-state index in [-0.39, 0.29) is 5.54 Å². The highest BCUT2D eigenvalue weighted by atomic mass is 35.5. The van der Waals surface area contributed by atoms with E-state index in [1.54, 1.807) is 0 Å². The van der Waals surface area contributed by atoms with Gasteiger partial charge < -0.3 is 5.32 Å². The van der Waals surface area contributed by atoms with Crippen molar-refractivity contribution in [3.05, 3.63) is 33.8 Å². The van der Waals surface area contributed by atoms with E-state index in [9.17, 15) is 0 Å². The number of hydrogen-bond acceptors (Lipinski definition) is 2. The molecule has 0 bridgehead atoms. The molecule has 1 heterocycles. The van der Waals surface area contributed by atoms with Crippen LogP contribution < -0.4 is 5.32 Å². The Morgan fingerprint density at radius 3 is 2.70 bits per heavy atom. The number of nitrogens with zero attached hydrogens (tertiary/aromatic N) is 1. The standard InChI is InChI=1S/C16H24Cl2N2/c1-11(2)15-9-20(16(3,4)10-19-15)8-12-7-13(17)5-6-14(12)18/h5-7,11,15,19H,8-10H2,1-4H3. The lowest BCUT2D eigenvalue weighted by molar-refractivity contribution is 0.0475. The highest BCUT2D eigenvalue weighted by Crippen LogP contribution is 2.27. The van der Waals surface area contributed by atoms with Crippen LogP contribution in [-0.4, -0.2) is 29.6 Å². The molecule has 0 spiro atoms. The second-order valence-electron chi connectivity index (χ2n) is 6.66. The third-order valence-corrected chi connectivity index (χ3v) is 4.85. The van der Waals surface area contributed by atoms with E-state index in [1.165, 1.54) is 0 Å². The van der Waals surface area contributed by atoms with Crippen LogP contribution in [0.2, 0.25) is 10.0 Å². The van der Waals surface area contributed by atoms with E-state index in [4.69, 9.17) is 23.2 Å². The summed E-state index contributed by atoms with van der Waals surface area (Å²) in [6, 6.07) is 6.23. The van der Waals surface area contributed by atoms with Crippen molar-refractivity contribution in [3.8, 4) is 0 Å². The lowest BCUT2D eigenvalue weighted by Crippen LogP contribution is -2.62. The minimum Gasteiger partial charge on any atom is -0.311 e. The summed E-state index contributed by atoms with van der Waals surface area (Å²) < 4.78 is 0. The second-order valence-corrected chi connectivity index (χ2v) is 7.50. The summed E-state index contributed by atoms with van der Waals surface area (Å²) in [5.41, 5.74) is 1.23. The van der Waals surface area contributed by atoms with Crippen LogP contribution in [0.25, 0.3) is 0 Å². The second kappa shape index (κ2) is 6.23. The van der Waals surface area contributed by atoms with E-state index in [1.807, 2.05) is 18.2 Å². The molecular weight excluding hydrogens is 291 g/mol. The van der Waals surface area contributed by atoms with Crippen molar-refractivity contribution in [2.75, 3.05) is 13.1 Å². The Labute approximate surface area is 132 Å². The van der Waals surface area contributed by atoms with E-state index < -0.39 is 0 Å². The third-order valence-electron chi connectivity index (χ3n) is 4.24. The molecule has 0 aromatic heterocycles. The summed E-state index contributed by atoms with van der Waals surface area (Å²) in [6.45, 7) is 11.9. The van der Waals surface area contributed by atoms with Crippen molar-refractivity contribution in [1.82, 2.24) is 10.2 Å². The fourth-order valence-electron chi connectivity index (χ4n) is 2.64. The maximum Gasteiger partial charge on any atom is 0.0452 e. The smallest absolute Gasteiger partial charge is 0.0452 e. The summed E-state index contributed by atoms with van der Waals surface area (Å²) in [7, 11) is 0. The van der Waals surface area contributed by atoms with E-state index in [0.29, 0.717) is 12.0 Å². The SMILES string of the molecule is CC(C)C1CN(Cc2cc(Cl)ccc2Cl)C(C)(C)CN1. The lowest BCUT2D eigenvalue weighted by Gasteiger charge is -2.47. The molecule has 4 heteroatoms. The first-order chi connectivity index (χ1) is 9.29. The van der Waals surface area contributed by atoms with Gasteiger partial charge in [-0.15, -0.1) is 0 Å². The average Bonchev–Trinajstić information content (AvgIpc) is 2.35. The Morgan fingerprint density at radius 2 is 2.05 bits per heavy atom.